The number of hydrogen-bond acceptors (Lipinski definition) is 2. The van der Waals surface area contributed by atoms with Crippen molar-refractivity contribution in [2.75, 3.05) is 19.6 Å². The van der Waals surface area contributed by atoms with E-state index in [4.69, 9.17) is 0 Å². The van der Waals surface area contributed by atoms with Crippen LogP contribution in [0.5, 0.6) is 0 Å². The molecule has 0 N–H and O–H groups in total. The molecule has 2 rings (SSSR count). The Morgan fingerprint density at radius 2 is 2.21 bits per heavy atom. The van der Waals surface area contributed by atoms with Crippen molar-refractivity contribution >= 4 is 11.8 Å². The van der Waals surface area contributed by atoms with E-state index in [2.05, 4.69) is 6.58 Å². The van der Waals surface area contributed by atoms with Crippen LogP contribution in [-0.4, -0.2) is 41.2 Å². The molecule has 1 aromatic rings. The summed E-state index contributed by atoms with van der Waals surface area (Å²) < 4.78 is 13.1. The van der Waals surface area contributed by atoms with E-state index in [-0.39, 0.29) is 24.2 Å². The number of rotatable bonds is 3. The summed E-state index contributed by atoms with van der Waals surface area (Å²) in [6, 6.07) is 6.17. The maximum absolute atomic E-state index is 13.1. The van der Waals surface area contributed by atoms with Gasteiger partial charge in [-0.05, 0) is 23.8 Å². The van der Waals surface area contributed by atoms with E-state index in [1.54, 1.807) is 17.0 Å². The first-order valence-corrected chi connectivity index (χ1v) is 6.03. The average Bonchev–Trinajstić information content (AvgIpc) is 2.40. The molecule has 0 unspecified atom stereocenters. The maximum atomic E-state index is 13.1. The first-order chi connectivity index (χ1) is 9.10. The van der Waals surface area contributed by atoms with E-state index in [9.17, 15) is 14.0 Å². The van der Waals surface area contributed by atoms with Crippen molar-refractivity contribution in [3.05, 3.63) is 48.3 Å². The summed E-state index contributed by atoms with van der Waals surface area (Å²) in [5.74, 6) is -0.685. The maximum Gasteiger partial charge on any atom is 0.246 e. The fourth-order valence-corrected chi connectivity index (χ4v) is 2.05. The number of amides is 2. The second-order valence-electron chi connectivity index (χ2n) is 4.41. The summed E-state index contributed by atoms with van der Waals surface area (Å²) in [5, 5.41) is 0. The monoisotopic (exact) mass is 262 g/mol. The highest BCUT2D eigenvalue weighted by Crippen LogP contribution is 2.11. The van der Waals surface area contributed by atoms with Gasteiger partial charge in [-0.3, -0.25) is 9.59 Å². The Morgan fingerprint density at radius 3 is 2.84 bits per heavy atom. The molecule has 19 heavy (non-hydrogen) atoms. The molecule has 0 aliphatic carbocycles. The van der Waals surface area contributed by atoms with Gasteiger partial charge >= 0.3 is 0 Å². The highest BCUT2D eigenvalue weighted by molar-refractivity contribution is 5.91. The number of halogens is 1. The van der Waals surface area contributed by atoms with Crippen LogP contribution in [0.25, 0.3) is 0 Å². The third-order valence-corrected chi connectivity index (χ3v) is 3.07. The number of piperazine rings is 1. The summed E-state index contributed by atoms with van der Waals surface area (Å²) in [5.41, 5.74) is 0.747. The van der Waals surface area contributed by atoms with Crippen LogP contribution in [0.15, 0.2) is 36.9 Å². The number of carbonyl (C=O) groups is 2. The van der Waals surface area contributed by atoms with Crippen LogP contribution in [0.2, 0.25) is 0 Å². The first-order valence-electron chi connectivity index (χ1n) is 6.03. The third kappa shape index (κ3) is 3.19. The Hall–Kier alpha value is -2.17. The number of nitrogens with zero attached hydrogens (tertiary/aromatic N) is 2. The van der Waals surface area contributed by atoms with E-state index >= 15 is 0 Å². The second kappa shape index (κ2) is 5.65. The fraction of sp³-hybridized carbons (Fsp3) is 0.286. The lowest BCUT2D eigenvalue weighted by Gasteiger charge is -2.33. The van der Waals surface area contributed by atoms with E-state index in [0.29, 0.717) is 19.6 Å². The molecule has 5 heteroatoms. The Kier molecular flexibility index (Phi) is 3.94. The van der Waals surface area contributed by atoms with Gasteiger partial charge in [0.2, 0.25) is 11.8 Å². The molecule has 0 aromatic heterocycles. The van der Waals surface area contributed by atoms with Gasteiger partial charge in [0.25, 0.3) is 0 Å². The van der Waals surface area contributed by atoms with Crippen LogP contribution in [-0.2, 0) is 16.1 Å². The molecule has 1 aromatic carbocycles. The van der Waals surface area contributed by atoms with Crippen LogP contribution in [0.4, 0.5) is 4.39 Å². The molecule has 0 radical (unpaired) electrons. The summed E-state index contributed by atoms with van der Waals surface area (Å²) in [6.45, 7) is 4.75. The van der Waals surface area contributed by atoms with Gasteiger partial charge in [0.05, 0.1) is 0 Å². The van der Waals surface area contributed by atoms with Crippen molar-refractivity contribution in [1.29, 1.82) is 0 Å². The van der Waals surface area contributed by atoms with Gasteiger partial charge in [-0.15, -0.1) is 0 Å². The zero-order valence-electron chi connectivity index (χ0n) is 10.5. The predicted octanol–water partition coefficient (Wildman–Crippen LogP) is 1.18. The fourth-order valence-electron chi connectivity index (χ4n) is 2.05. The summed E-state index contributed by atoms with van der Waals surface area (Å²) in [4.78, 5) is 26.4. The van der Waals surface area contributed by atoms with Crippen LogP contribution in [0, 0.1) is 5.82 Å². The van der Waals surface area contributed by atoms with Gasteiger partial charge in [-0.25, -0.2) is 4.39 Å². The number of benzene rings is 1. The van der Waals surface area contributed by atoms with E-state index in [1.807, 2.05) is 0 Å². The molecule has 0 bridgehead atoms. The van der Waals surface area contributed by atoms with E-state index in [0.717, 1.165) is 5.56 Å². The molecule has 0 atom stereocenters. The topological polar surface area (TPSA) is 40.6 Å². The van der Waals surface area contributed by atoms with Crippen molar-refractivity contribution in [1.82, 2.24) is 9.80 Å². The quantitative estimate of drug-likeness (QED) is 0.768. The highest BCUT2D eigenvalue weighted by atomic mass is 19.1. The van der Waals surface area contributed by atoms with E-state index in [1.165, 1.54) is 23.1 Å². The lowest BCUT2D eigenvalue weighted by Crippen LogP contribution is -2.51. The SMILES string of the molecule is C=CC(=O)N1CCN(Cc2cccc(F)c2)C(=O)C1. The molecule has 4 nitrogen and oxygen atoms in total. The minimum absolute atomic E-state index is 0.0557. The average molecular weight is 262 g/mol. The zero-order chi connectivity index (χ0) is 13.8. The van der Waals surface area contributed by atoms with Crippen LogP contribution in [0.3, 0.4) is 0 Å². The van der Waals surface area contributed by atoms with Crippen LogP contribution in [0.1, 0.15) is 5.56 Å². The Balaban J connectivity index is 1.99. The van der Waals surface area contributed by atoms with Gasteiger partial charge in [-0.2, -0.15) is 0 Å². The van der Waals surface area contributed by atoms with Gasteiger partial charge in [-0.1, -0.05) is 18.7 Å². The zero-order valence-corrected chi connectivity index (χ0v) is 10.5. The van der Waals surface area contributed by atoms with Crippen LogP contribution < -0.4 is 0 Å². The number of hydrogen-bond donors (Lipinski definition) is 0. The van der Waals surface area contributed by atoms with Gasteiger partial charge < -0.3 is 9.80 Å². The predicted molar refractivity (Wildman–Crippen MR) is 68.6 cm³/mol. The van der Waals surface area contributed by atoms with Crippen molar-refractivity contribution in [3.63, 3.8) is 0 Å². The first kappa shape index (κ1) is 13.3. The van der Waals surface area contributed by atoms with Crippen molar-refractivity contribution in [2.45, 2.75) is 6.54 Å². The van der Waals surface area contributed by atoms with Crippen LogP contribution >= 0.6 is 0 Å². The summed E-state index contributed by atoms with van der Waals surface area (Å²) in [7, 11) is 0. The van der Waals surface area contributed by atoms with Crippen molar-refractivity contribution < 1.29 is 14.0 Å². The molecule has 1 aliphatic rings. The second-order valence-corrected chi connectivity index (χ2v) is 4.41. The number of carbonyl (C=O) groups excluding carboxylic acids is 2. The Bertz CT molecular complexity index is 516. The molecule has 1 saturated heterocycles. The van der Waals surface area contributed by atoms with Gasteiger partial charge in [0.1, 0.15) is 12.4 Å². The third-order valence-electron chi connectivity index (χ3n) is 3.07. The minimum Gasteiger partial charge on any atom is -0.335 e. The molecule has 1 aliphatic heterocycles. The van der Waals surface area contributed by atoms with E-state index < -0.39 is 0 Å². The minimum atomic E-state index is -0.314. The lowest BCUT2D eigenvalue weighted by molar-refractivity contribution is -0.143. The molecule has 100 valence electrons. The molecular weight excluding hydrogens is 247 g/mol. The standard InChI is InChI=1S/C14H15FN2O2/c1-2-13(18)17-7-6-16(14(19)10-17)9-11-4-3-5-12(15)8-11/h2-5,8H,1,6-7,9-10H2. The summed E-state index contributed by atoms with van der Waals surface area (Å²) in [6.07, 6.45) is 1.20. The normalized spacial score (nSPS) is 15.5. The largest absolute Gasteiger partial charge is 0.335 e. The van der Waals surface area contributed by atoms with Crippen molar-refractivity contribution in [3.8, 4) is 0 Å². The smallest absolute Gasteiger partial charge is 0.246 e. The highest BCUT2D eigenvalue weighted by Gasteiger charge is 2.25. The van der Waals surface area contributed by atoms with Gasteiger partial charge in [0.15, 0.2) is 0 Å². The Morgan fingerprint density at radius 1 is 1.42 bits per heavy atom. The van der Waals surface area contributed by atoms with Crippen molar-refractivity contribution in [2.24, 2.45) is 0 Å². The molecule has 1 fully saturated rings. The molecule has 1 heterocycles. The molecular formula is C14H15FN2O2. The van der Waals surface area contributed by atoms with Gasteiger partial charge in [0, 0.05) is 19.6 Å². The summed E-state index contributed by atoms with van der Waals surface area (Å²) >= 11 is 0. The Labute approximate surface area is 111 Å². The molecule has 0 spiro atoms. The lowest BCUT2D eigenvalue weighted by atomic mass is 10.2. The molecule has 0 saturated carbocycles. The molecule has 2 amide bonds.